The predicted octanol–water partition coefficient (Wildman–Crippen LogP) is 6.03. The first-order valence-electron chi connectivity index (χ1n) is 13.1. The first kappa shape index (κ1) is 28.6. The van der Waals surface area contributed by atoms with Crippen molar-refractivity contribution in [3.05, 3.63) is 119 Å². The van der Waals surface area contributed by atoms with Crippen molar-refractivity contribution in [3.8, 4) is 11.1 Å². The molecule has 206 valence electrons. The predicted molar refractivity (Wildman–Crippen MR) is 154 cm³/mol. The zero-order chi connectivity index (χ0) is 28.3. The van der Waals surface area contributed by atoms with Crippen LogP contribution in [0.1, 0.15) is 45.4 Å². The van der Waals surface area contributed by atoms with E-state index < -0.39 is 23.9 Å². The lowest BCUT2D eigenvalue weighted by Gasteiger charge is -2.18. The smallest absolute Gasteiger partial charge is 0.354 e. The van der Waals surface area contributed by atoms with Crippen LogP contribution < -0.4 is 5.32 Å². The normalized spacial score (nSPS) is 11.4. The number of carbonyl (C=O) groups is 3. The van der Waals surface area contributed by atoms with Gasteiger partial charge < -0.3 is 19.8 Å². The molecule has 4 aromatic rings. The van der Waals surface area contributed by atoms with Gasteiger partial charge in [0, 0.05) is 17.5 Å². The molecule has 0 saturated carbocycles. The highest BCUT2D eigenvalue weighted by atomic mass is 35.5. The molecule has 0 aliphatic carbocycles. The van der Waals surface area contributed by atoms with Crippen LogP contribution in [0.25, 0.3) is 11.1 Å². The Morgan fingerprint density at radius 3 is 2.30 bits per heavy atom. The fourth-order valence-corrected chi connectivity index (χ4v) is 4.47. The number of ether oxygens (including phenoxy) is 2. The minimum Gasteiger partial charge on any atom is -0.466 e. The molecule has 0 unspecified atom stereocenters. The lowest BCUT2D eigenvalue weighted by atomic mass is 9.99. The Balaban J connectivity index is 1.38. The molecular weight excluding hydrogens is 528 g/mol. The molecule has 7 nitrogen and oxygen atoms in total. The molecular formula is C32H31ClN2O5. The lowest BCUT2D eigenvalue weighted by molar-refractivity contribution is -0.143. The zero-order valence-corrected chi connectivity index (χ0v) is 22.9. The van der Waals surface area contributed by atoms with Crippen molar-refractivity contribution in [3.63, 3.8) is 0 Å². The SMILES string of the molecule is CCOC(=O)C[C@@H](Cc1ccc(-c2cccc(Cl)c2)cc1)NC(=O)c1ccc(C(=O)OCCc2ccccc2)[nH]1. The minimum absolute atomic E-state index is 0.00468. The van der Waals surface area contributed by atoms with E-state index in [2.05, 4.69) is 10.3 Å². The summed E-state index contributed by atoms with van der Waals surface area (Å²) in [7, 11) is 0. The molecule has 8 heteroatoms. The topological polar surface area (TPSA) is 97.5 Å². The number of aromatic nitrogens is 1. The first-order valence-corrected chi connectivity index (χ1v) is 13.5. The Kier molecular flexibility index (Phi) is 10.1. The van der Waals surface area contributed by atoms with Crippen molar-refractivity contribution in [1.29, 1.82) is 0 Å². The number of carbonyl (C=O) groups excluding carboxylic acids is 3. The van der Waals surface area contributed by atoms with Crippen LogP contribution in [0.3, 0.4) is 0 Å². The highest BCUT2D eigenvalue weighted by Gasteiger charge is 2.21. The molecule has 1 aromatic heterocycles. The Morgan fingerprint density at radius 1 is 0.825 bits per heavy atom. The van der Waals surface area contributed by atoms with Gasteiger partial charge in [0.2, 0.25) is 0 Å². The van der Waals surface area contributed by atoms with Crippen molar-refractivity contribution >= 4 is 29.4 Å². The molecule has 1 heterocycles. The van der Waals surface area contributed by atoms with E-state index in [1.165, 1.54) is 12.1 Å². The summed E-state index contributed by atoms with van der Waals surface area (Å²) in [5, 5.41) is 3.56. The number of hydrogen-bond acceptors (Lipinski definition) is 5. The van der Waals surface area contributed by atoms with Crippen LogP contribution in [0, 0.1) is 0 Å². The van der Waals surface area contributed by atoms with Crippen LogP contribution in [0.4, 0.5) is 0 Å². The van der Waals surface area contributed by atoms with E-state index in [1.54, 1.807) is 6.92 Å². The second-order valence-electron chi connectivity index (χ2n) is 9.25. The van der Waals surface area contributed by atoms with E-state index in [1.807, 2.05) is 78.9 Å². The van der Waals surface area contributed by atoms with E-state index >= 15 is 0 Å². The quantitative estimate of drug-likeness (QED) is 0.207. The number of benzene rings is 3. The first-order chi connectivity index (χ1) is 19.4. The van der Waals surface area contributed by atoms with Crippen molar-refractivity contribution in [2.75, 3.05) is 13.2 Å². The van der Waals surface area contributed by atoms with Crippen LogP contribution in [-0.4, -0.2) is 42.1 Å². The lowest BCUT2D eigenvalue weighted by Crippen LogP contribution is -2.38. The third-order valence-electron chi connectivity index (χ3n) is 6.26. The summed E-state index contributed by atoms with van der Waals surface area (Å²) >= 11 is 6.12. The highest BCUT2D eigenvalue weighted by molar-refractivity contribution is 6.30. The van der Waals surface area contributed by atoms with Crippen LogP contribution in [0.2, 0.25) is 5.02 Å². The molecule has 0 spiro atoms. The van der Waals surface area contributed by atoms with Crippen LogP contribution in [0.15, 0.2) is 91.0 Å². The second-order valence-corrected chi connectivity index (χ2v) is 9.68. The van der Waals surface area contributed by atoms with E-state index in [0.29, 0.717) is 17.9 Å². The van der Waals surface area contributed by atoms with Crippen molar-refractivity contribution in [2.24, 2.45) is 0 Å². The van der Waals surface area contributed by atoms with Crippen molar-refractivity contribution in [1.82, 2.24) is 10.3 Å². The fourth-order valence-electron chi connectivity index (χ4n) is 4.27. The maximum atomic E-state index is 13.0. The van der Waals surface area contributed by atoms with Gasteiger partial charge in [-0.25, -0.2) is 4.79 Å². The maximum absolute atomic E-state index is 13.0. The summed E-state index contributed by atoms with van der Waals surface area (Å²) in [6.07, 6.45) is 1.01. The van der Waals surface area contributed by atoms with Gasteiger partial charge in [-0.05, 0) is 59.9 Å². The standard InChI is InChI=1S/C32H31ClN2O5/c1-2-39-30(36)21-27(19-23-11-13-24(14-12-23)25-9-6-10-26(33)20-25)34-31(37)28-15-16-29(35-28)32(38)40-18-17-22-7-4-3-5-8-22/h3-16,20,27,35H,2,17-19,21H2,1H3,(H,34,37)/t27-/m1/s1. The zero-order valence-electron chi connectivity index (χ0n) is 22.2. The van der Waals surface area contributed by atoms with Gasteiger partial charge in [0.05, 0.1) is 19.6 Å². The molecule has 0 aliphatic rings. The molecule has 0 saturated heterocycles. The number of hydrogen-bond donors (Lipinski definition) is 2. The maximum Gasteiger partial charge on any atom is 0.354 e. The third-order valence-corrected chi connectivity index (χ3v) is 6.50. The third kappa shape index (κ3) is 8.32. The number of amides is 1. The molecule has 4 rings (SSSR count). The van der Waals surface area contributed by atoms with Gasteiger partial charge in [0.1, 0.15) is 11.4 Å². The van der Waals surface area contributed by atoms with Gasteiger partial charge >= 0.3 is 11.9 Å². The van der Waals surface area contributed by atoms with Gasteiger partial charge in [0.25, 0.3) is 5.91 Å². The largest absolute Gasteiger partial charge is 0.466 e. The molecule has 0 radical (unpaired) electrons. The highest BCUT2D eigenvalue weighted by Crippen LogP contribution is 2.23. The summed E-state index contributed by atoms with van der Waals surface area (Å²) in [5.41, 5.74) is 4.38. The number of aromatic amines is 1. The second kappa shape index (κ2) is 14.1. The molecule has 0 aliphatic heterocycles. The molecule has 1 atom stereocenters. The van der Waals surface area contributed by atoms with Crippen LogP contribution >= 0.6 is 11.6 Å². The van der Waals surface area contributed by atoms with Gasteiger partial charge in [0.15, 0.2) is 0 Å². The monoisotopic (exact) mass is 558 g/mol. The average molecular weight is 559 g/mol. The van der Waals surface area contributed by atoms with Gasteiger partial charge in [-0.2, -0.15) is 0 Å². The number of nitrogens with one attached hydrogen (secondary N) is 2. The fraction of sp³-hybridized carbons (Fsp3) is 0.219. The summed E-state index contributed by atoms with van der Waals surface area (Å²) in [5.74, 6) is -1.39. The number of rotatable bonds is 12. The molecule has 1 amide bonds. The van der Waals surface area contributed by atoms with Crippen molar-refractivity contribution in [2.45, 2.75) is 32.2 Å². The summed E-state index contributed by atoms with van der Waals surface area (Å²) < 4.78 is 10.5. The number of esters is 2. The number of H-pyrrole nitrogens is 1. The van der Waals surface area contributed by atoms with Crippen LogP contribution in [0.5, 0.6) is 0 Å². The Hall–Kier alpha value is -4.36. The van der Waals surface area contributed by atoms with E-state index in [4.69, 9.17) is 21.1 Å². The van der Waals surface area contributed by atoms with E-state index in [0.717, 1.165) is 22.3 Å². The van der Waals surface area contributed by atoms with Gasteiger partial charge in [-0.1, -0.05) is 78.3 Å². The summed E-state index contributed by atoms with van der Waals surface area (Å²) in [6, 6.07) is 27.7. The molecule has 40 heavy (non-hydrogen) atoms. The Bertz CT molecular complexity index is 1430. The average Bonchev–Trinajstić information content (AvgIpc) is 3.45. The number of halogens is 1. The summed E-state index contributed by atoms with van der Waals surface area (Å²) in [4.78, 5) is 40.6. The van der Waals surface area contributed by atoms with Crippen LogP contribution in [-0.2, 0) is 27.1 Å². The summed E-state index contributed by atoms with van der Waals surface area (Å²) in [6.45, 7) is 2.21. The van der Waals surface area contributed by atoms with Gasteiger partial charge in [-0.3, -0.25) is 9.59 Å². The van der Waals surface area contributed by atoms with Crippen molar-refractivity contribution < 1.29 is 23.9 Å². The van der Waals surface area contributed by atoms with Gasteiger partial charge in [-0.15, -0.1) is 0 Å². The molecule has 3 aromatic carbocycles. The van der Waals surface area contributed by atoms with E-state index in [9.17, 15) is 14.4 Å². The molecule has 0 bridgehead atoms. The minimum atomic E-state index is -0.544. The molecule has 2 N–H and O–H groups in total. The molecule has 0 fully saturated rings. The van der Waals surface area contributed by atoms with E-state index in [-0.39, 0.29) is 31.0 Å². The Morgan fingerprint density at radius 2 is 1.57 bits per heavy atom. The Labute approximate surface area is 238 Å².